The molecule has 0 aromatic heterocycles. The van der Waals surface area contributed by atoms with Gasteiger partial charge in [-0.25, -0.2) is 13.6 Å². The van der Waals surface area contributed by atoms with Gasteiger partial charge in [-0.15, -0.1) is 0 Å². The van der Waals surface area contributed by atoms with Crippen molar-refractivity contribution in [2.45, 2.75) is 12.8 Å². The molecule has 1 heterocycles. The Hall–Kier alpha value is -1.11. The maximum Gasteiger partial charge on any atom is 0.154 e. The fraction of sp³-hybridized carbons (Fsp3) is 0.333. The zero-order chi connectivity index (χ0) is 10.9. The summed E-state index contributed by atoms with van der Waals surface area (Å²) in [6.07, 6.45) is 2.08. The molecule has 0 radical (unpaired) electrons. The first-order valence-electron chi connectivity index (χ1n) is 4.77. The summed E-state index contributed by atoms with van der Waals surface area (Å²) in [6, 6.07) is 5.47. The van der Waals surface area contributed by atoms with Gasteiger partial charge in [-0.3, -0.25) is 0 Å². The third kappa shape index (κ3) is 2.47. The number of para-hydroxylation sites is 1. The van der Waals surface area contributed by atoms with E-state index in [0.29, 0.717) is 5.69 Å². The quantitative estimate of drug-likeness (QED) is 0.698. The summed E-state index contributed by atoms with van der Waals surface area (Å²) in [4.78, 5) is 0. The maximum absolute atomic E-state index is 10.9. The maximum atomic E-state index is 10.9. The van der Waals surface area contributed by atoms with Crippen LogP contribution in [-0.4, -0.2) is 15.0 Å². The van der Waals surface area contributed by atoms with E-state index in [4.69, 9.17) is 5.14 Å². The molecule has 0 bridgehead atoms. The average Bonchev–Trinajstić information content (AvgIpc) is 2.16. The van der Waals surface area contributed by atoms with Gasteiger partial charge in [-0.1, -0.05) is 23.9 Å². The summed E-state index contributed by atoms with van der Waals surface area (Å²) in [5.74, 6) is 0. The van der Waals surface area contributed by atoms with E-state index in [1.807, 2.05) is 17.4 Å². The Morgan fingerprint density at radius 3 is 2.93 bits per heavy atom. The van der Waals surface area contributed by atoms with Crippen LogP contribution in [0.4, 0.5) is 11.4 Å². The summed E-state index contributed by atoms with van der Waals surface area (Å²) >= 11 is 0. The van der Waals surface area contributed by atoms with Gasteiger partial charge in [-0.05, 0) is 6.42 Å². The average molecular weight is 227 g/mol. The number of nitrogens with two attached hydrogens (primary N) is 2. The molecule has 1 aliphatic heterocycles. The number of rotatable bonds is 2. The molecular formula is C9H13N3O2S. The number of benzene rings is 1. The Kier molecular flexibility index (Phi) is 2.64. The predicted molar refractivity (Wildman–Crippen MR) is 57.3 cm³/mol. The molecule has 1 aromatic carbocycles. The van der Waals surface area contributed by atoms with E-state index in [2.05, 4.69) is 4.72 Å². The van der Waals surface area contributed by atoms with E-state index < -0.39 is 10.2 Å². The lowest BCUT2D eigenvalue weighted by Gasteiger charge is -2.24. The molecule has 0 saturated carbocycles. The second-order valence-corrected chi connectivity index (χ2v) is 4.77. The summed E-state index contributed by atoms with van der Waals surface area (Å²) in [7, 11) is -3.81. The Balaban J connectivity index is 2.39. The van der Waals surface area contributed by atoms with E-state index in [1.165, 1.54) is 0 Å². The number of aryl methyl sites for hydroxylation is 1. The third-order valence-electron chi connectivity index (χ3n) is 2.40. The van der Waals surface area contributed by atoms with Crippen molar-refractivity contribution in [2.24, 2.45) is 5.14 Å². The van der Waals surface area contributed by atoms with Crippen LogP contribution in [0, 0.1) is 0 Å². The Labute approximate surface area is 88.9 Å². The van der Waals surface area contributed by atoms with Crippen molar-refractivity contribution in [2.75, 3.05) is 6.54 Å². The fourth-order valence-electron chi connectivity index (χ4n) is 1.81. The Bertz CT molecular complexity index is 470. The first-order valence-corrected chi connectivity index (χ1v) is 6.27. The molecule has 6 heteroatoms. The van der Waals surface area contributed by atoms with Gasteiger partial charge < -0.3 is 10.0 Å². The highest BCUT2D eigenvalue weighted by Crippen LogP contribution is 2.31. The normalized spacial score (nSPS) is 15.8. The van der Waals surface area contributed by atoms with Crippen molar-refractivity contribution in [1.29, 1.82) is 0 Å². The Morgan fingerprint density at radius 1 is 1.40 bits per heavy atom. The molecule has 15 heavy (non-hydrogen) atoms. The zero-order valence-electron chi connectivity index (χ0n) is 8.18. The van der Waals surface area contributed by atoms with Gasteiger partial charge in [0.05, 0.1) is 6.54 Å². The van der Waals surface area contributed by atoms with Crippen molar-refractivity contribution in [3.63, 3.8) is 0 Å². The molecule has 0 aliphatic carbocycles. The van der Waals surface area contributed by atoms with Crippen molar-refractivity contribution in [3.8, 4) is 0 Å². The standard InChI is InChI=1S/C9H12N3O2S/c10-15(13,14)12-8-5-1-3-7-4-2-6-11-9(7)8/h1,3,5,11H,2,4,6H2,(H2,10,13,14)/q-1/p+1. The minimum atomic E-state index is -3.81. The molecule has 4 N–H and O–H groups in total. The smallest absolute Gasteiger partial charge is 0.154 e. The molecule has 0 saturated heterocycles. The molecule has 82 valence electrons. The summed E-state index contributed by atoms with van der Waals surface area (Å²) < 4.78 is 25.3. The third-order valence-corrected chi connectivity index (χ3v) is 2.85. The van der Waals surface area contributed by atoms with E-state index in [1.54, 1.807) is 6.07 Å². The van der Waals surface area contributed by atoms with Crippen LogP contribution >= 0.6 is 0 Å². The molecular weight excluding hydrogens is 214 g/mol. The van der Waals surface area contributed by atoms with Gasteiger partial charge >= 0.3 is 0 Å². The number of nitrogens with zero attached hydrogens (tertiary/aromatic N) is 1. The molecule has 0 fully saturated rings. The molecule has 0 unspecified atom stereocenters. The molecule has 0 amide bonds. The minimum Gasteiger partial charge on any atom is -0.559 e. The lowest BCUT2D eigenvalue weighted by Crippen LogP contribution is -2.79. The number of quaternary nitrogens is 1. The van der Waals surface area contributed by atoms with E-state index >= 15 is 0 Å². The van der Waals surface area contributed by atoms with Crippen molar-refractivity contribution in [3.05, 3.63) is 28.5 Å². The SMILES string of the molecule is NS(=O)(=O)[N-]c1cccc2c1[NH2+]CCC2. The van der Waals surface area contributed by atoms with Gasteiger partial charge in [0.25, 0.3) is 0 Å². The predicted octanol–water partition coefficient (Wildman–Crippen LogP) is 0.0364. The molecule has 0 atom stereocenters. The second kappa shape index (κ2) is 3.80. The largest absolute Gasteiger partial charge is 0.559 e. The van der Waals surface area contributed by atoms with Crippen LogP contribution in [0.5, 0.6) is 0 Å². The minimum absolute atomic E-state index is 0.453. The number of hydrogen-bond donors (Lipinski definition) is 2. The number of fused-ring (bicyclic) bond motifs is 1. The molecule has 5 nitrogen and oxygen atoms in total. The van der Waals surface area contributed by atoms with Gasteiger partial charge in [0, 0.05) is 12.0 Å². The van der Waals surface area contributed by atoms with Gasteiger partial charge in [0.2, 0.25) is 0 Å². The Morgan fingerprint density at radius 2 is 2.20 bits per heavy atom. The van der Waals surface area contributed by atoms with Crippen LogP contribution in [0.15, 0.2) is 18.2 Å². The second-order valence-electron chi connectivity index (χ2n) is 3.55. The summed E-state index contributed by atoms with van der Waals surface area (Å²) in [5, 5.41) is 6.91. The fourth-order valence-corrected chi connectivity index (χ4v) is 2.24. The van der Waals surface area contributed by atoms with Crippen LogP contribution in [0.3, 0.4) is 0 Å². The van der Waals surface area contributed by atoms with Crippen molar-refractivity contribution < 1.29 is 13.7 Å². The van der Waals surface area contributed by atoms with Gasteiger partial charge in [0.1, 0.15) is 5.69 Å². The first-order chi connectivity index (χ1) is 7.06. The van der Waals surface area contributed by atoms with E-state index in [9.17, 15) is 8.42 Å². The zero-order valence-corrected chi connectivity index (χ0v) is 9.00. The lowest BCUT2D eigenvalue weighted by molar-refractivity contribution is -0.575. The van der Waals surface area contributed by atoms with Gasteiger partial charge in [-0.2, -0.15) is 0 Å². The van der Waals surface area contributed by atoms with Crippen LogP contribution in [-0.2, 0) is 16.6 Å². The van der Waals surface area contributed by atoms with Crippen LogP contribution in [0.2, 0.25) is 0 Å². The van der Waals surface area contributed by atoms with Crippen LogP contribution < -0.4 is 10.5 Å². The molecule has 0 spiro atoms. The lowest BCUT2D eigenvalue weighted by atomic mass is 10.0. The summed E-state index contributed by atoms with van der Waals surface area (Å²) in [6.45, 7) is 0.962. The highest BCUT2D eigenvalue weighted by molar-refractivity contribution is 7.92. The first kappa shape index (κ1) is 10.4. The molecule has 1 aliphatic rings. The molecule has 1 aromatic rings. The highest BCUT2D eigenvalue weighted by atomic mass is 32.2. The van der Waals surface area contributed by atoms with E-state index in [0.717, 1.165) is 30.6 Å². The molecule has 2 rings (SSSR count). The summed E-state index contributed by atoms with van der Waals surface area (Å²) in [5.41, 5.74) is 2.51. The van der Waals surface area contributed by atoms with Crippen molar-refractivity contribution in [1.82, 2.24) is 0 Å². The van der Waals surface area contributed by atoms with Gasteiger partial charge in [0.15, 0.2) is 10.2 Å². The monoisotopic (exact) mass is 227 g/mol. The topological polar surface area (TPSA) is 90.9 Å². The van der Waals surface area contributed by atoms with Crippen LogP contribution in [0.1, 0.15) is 12.0 Å². The van der Waals surface area contributed by atoms with Crippen LogP contribution in [0.25, 0.3) is 4.72 Å². The highest BCUT2D eigenvalue weighted by Gasteiger charge is 2.13. The number of hydrogen-bond acceptors (Lipinski definition) is 2. The van der Waals surface area contributed by atoms with E-state index in [-0.39, 0.29) is 0 Å². The van der Waals surface area contributed by atoms with Crippen molar-refractivity contribution >= 4 is 21.6 Å².